The first-order chi connectivity index (χ1) is 6.33. The van der Waals surface area contributed by atoms with Gasteiger partial charge in [0.15, 0.2) is 6.29 Å². The summed E-state index contributed by atoms with van der Waals surface area (Å²) in [6, 6.07) is 11.2. The molecule has 0 heterocycles. The van der Waals surface area contributed by atoms with Crippen molar-refractivity contribution in [3.63, 3.8) is 0 Å². The molecule has 0 unspecified atom stereocenters. The van der Waals surface area contributed by atoms with Gasteiger partial charge in [-0.05, 0) is 11.6 Å². The van der Waals surface area contributed by atoms with Crippen molar-refractivity contribution in [2.24, 2.45) is 0 Å². The van der Waals surface area contributed by atoms with Crippen molar-refractivity contribution < 1.29 is 4.79 Å². The van der Waals surface area contributed by atoms with Gasteiger partial charge in [0.1, 0.15) is 0 Å². The minimum Gasteiger partial charge on any atom is -0.298 e. The number of fused-ring (bicyclic) bond motifs is 1. The largest absolute Gasteiger partial charge is 0.298 e. The highest BCUT2D eigenvalue weighted by molar-refractivity contribution is 6.34. The quantitative estimate of drug-likeness (QED) is 0.631. The van der Waals surface area contributed by atoms with Crippen molar-refractivity contribution >= 4 is 17.9 Å². The Kier molecular flexibility index (Phi) is 2.03. The third kappa shape index (κ3) is 1.31. The molecule has 0 aliphatic heterocycles. The van der Waals surface area contributed by atoms with E-state index in [-0.39, 0.29) is 0 Å². The van der Waals surface area contributed by atoms with Gasteiger partial charge in [0.05, 0.1) is 0 Å². The Morgan fingerprint density at radius 2 is 1.77 bits per heavy atom. The number of hydrogen-bond acceptors (Lipinski definition) is 1. The third-order valence-corrected chi connectivity index (χ3v) is 2.33. The standard InChI is InChI=1S/C11H7ClO/c12-11-6-8(7-13)9-4-2-1-3-5-10(9)11/h1-7H. The van der Waals surface area contributed by atoms with Crippen LogP contribution >= 0.6 is 11.6 Å². The predicted molar refractivity (Wildman–Crippen MR) is 53.5 cm³/mol. The first kappa shape index (κ1) is 8.27. The van der Waals surface area contributed by atoms with Crippen LogP contribution in [0.4, 0.5) is 0 Å². The van der Waals surface area contributed by atoms with Crippen LogP contribution < -0.4 is 0 Å². The van der Waals surface area contributed by atoms with E-state index in [1.54, 1.807) is 6.07 Å². The lowest BCUT2D eigenvalue weighted by Crippen LogP contribution is -1.75. The zero-order valence-corrected chi connectivity index (χ0v) is 7.58. The maximum atomic E-state index is 10.7. The van der Waals surface area contributed by atoms with E-state index in [0.717, 1.165) is 17.4 Å². The summed E-state index contributed by atoms with van der Waals surface area (Å²) in [7, 11) is 0. The fourth-order valence-electron chi connectivity index (χ4n) is 1.40. The normalized spacial score (nSPS) is 10.2. The van der Waals surface area contributed by atoms with Crippen molar-refractivity contribution in [2.45, 2.75) is 0 Å². The summed E-state index contributed by atoms with van der Waals surface area (Å²) in [4.78, 5) is 10.7. The molecular weight excluding hydrogens is 184 g/mol. The molecule has 1 nitrogen and oxygen atoms in total. The first-order valence-electron chi connectivity index (χ1n) is 3.95. The molecule has 13 heavy (non-hydrogen) atoms. The van der Waals surface area contributed by atoms with E-state index in [2.05, 4.69) is 0 Å². The topological polar surface area (TPSA) is 17.1 Å². The highest BCUT2D eigenvalue weighted by Crippen LogP contribution is 2.33. The lowest BCUT2D eigenvalue weighted by molar-refractivity contribution is 0.112. The zero-order chi connectivity index (χ0) is 9.26. The first-order valence-corrected chi connectivity index (χ1v) is 4.33. The molecule has 0 saturated heterocycles. The SMILES string of the molecule is O=Cc1cc(Cl)c2cccccc1-2. The average molecular weight is 191 g/mol. The van der Waals surface area contributed by atoms with Crippen LogP contribution in [0.3, 0.4) is 0 Å². The van der Waals surface area contributed by atoms with E-state index in [1.165, 1.54) is 0 Å². The summed E-state index contributed by atoms with van der Waals surface area (Å²) in [5, 5.41) is 0.633. The maximum Gasteiger partial charge on any atom is 0.150 e. The molecule has 2 heteroatoms. The van der Waals surface area contributed by atoms with Gasteiger partial charge in [-0.15, -0.1) is 0 Å². The van der Waals surface area contributed by atoms with Crippen LogP contribution in [0.5, 0.6) is 0 Å². The maximum absolute atomic E-state index is 10.7. The second kappa shape index (κ2) is 3.19. The molecular formula is C11H7ClO. The van der Waals surface area contributed by atoms with Gasteiger partial charge in [0.25, 0.3) is 0 Å². The summed E-state index contributed by atoms with van der Waals surface area (Å²) in [6.07, 6.45) is 0.828. The van der Waals surface area contributed by atoms with Gasteiger partial charge in [-0.25, -0.2) is 0 Å². The molecule has 2 rings (SSSR count). The summed E-state index contributed by atoms with van der Waals surface area (Å²) < 4.78 is 0. The number of halogens is 1. The molecule has 0 spiro atoms. The lowest BCUT2D eigenvalue weighted by atomic mass is 10.1. The van der Waals surface area contributed by atoms with Crippen LogP contribution in [0.15, 0.2) is 36.4 Å². The Bertz CT molecular complexity index is 423. The van der Waals surface area contributed by atoms with Crippen molar-refractivity contribution in [3.05, 3.63) is 47.0 Å². The minimum absolute atomic E-state index is 0.633. The summed E-state index contributed by atoms with van der Waals surface area (Å²) in [5.74, 6) is 0. The van der Waals surface area contributed by atoms with Gasteiger partial charge in [0, 0.05) is 16.1 Å². The van der Waals surface area contributed by atoms with Crippen molar-refractivity contribution in [2.75, 3.05) is 0 Å². The van der Waals surface area contributed by atoms with E-state index in [0.29, 0.717) is 10.6 Å². The lowest BCUT2D eigenvalue weighted by Gasteiger charge is -1.92. The fraction of sp³-hybridized carbons (Fsp3) is 0. The smallest absolute Gasteiger partial charge is 0.150 e. The van der Waals surface area contributed by atoms with Gasteiger partial charge >= 0.3 is 0 Å². The van der Waals surface area contributed by atoms with Crippen LogP contribution in [-0.2, 0) is 0 Å². The summed E-state index contributed by atoms with van der Waals surface area (Å²) in [6.45, 7) is 0. The van der Waals surface area contributed by atoms with Crippen LogP contribution in [-0.4, -0.2) is 6.29 Å². The van der Waals surface area contributed by atoms with Crippen molar-refractivity contribution in [1.82, 2.24) is 0 Å². The Hall–Kier alpha value is -1.34. The van der Waals surface area contributed by atoms with Crippen molar-refractivity contribution in [1.29, 1.82) is 0 Å². The molecule has 0 fully saturated rings. The minimum atomic E-state index is 0.633. The molecule has 2 aliphatic carbocycles. The van der Waals surface area contributed by atoms with Gasteiger partial charge in [-0.2, -0.15) is 0 Å². The van der Waals surface area contributed by atoms with Gasteiger partial charge in [-0.3, -0.25) is 4.79 Å². The van der Waals surface area contributed by atoms with Gasteiger partial charge in [-0.1, -0.05) is 41.9 Å². The summed E-state index contributed by atoms with van der Waals surface area (Å²) >= 11 is 5.96. The Labute approximate surface area is 81.3 Å². The highest BCUT2D eigenvalue weighted by atomic mass is 35.5. The van der Waals surface area contributed by atoms with Crippen LogP contribution in [0.1, 0.15) is 10.4 Å². The number of aldehydes is 1. The molecule has 0 saturated carbocycles. The molecule has 0 bridgehead atoms. The number of carbonyl (C=O) groups excluding carboxylic acids is 1. The van der Waals surface area contributed by atoms with E-state index in [1.807, 2.05) is 30.3 Å². The zero-order valence-electron chi connectivity index (χ0n) is 6.83. The van der Waals surface area contributed by atoms with Crippen LogP contribution in [0.2, 0.25) is 5.02 Å². The number of rotatable bonds is 1. The molecule has 0 amide bonds. The monoisotopic (exact) mass is 190 g/mol. The van der Waals surface area contributed by atoms with Crippen molar-refractivity contribution in [3.8, 4) is 11.1 Å². The molecule has 0 aromatic rings. The predicted octanol–water partition coefficient (Wildman–Crippen LogP) is 3.26. The Morgan fingerprint density at radius 1 is 1.08 bits per heavy atom. The molecule has 0 radical (unpaired) electrons. The van der Waals surface area contributed by atoms with E-state index < -0.39 is 0 Å². The average Bonchev–Trinajstić information content (AvgIpc) is 2.38. The van der Waals surface area contributed by atoms with Gasteiger partial charge < -0.3 is 0 Å². The van der Waals surface area contributed by atoms with Crippen LogP contribution in [0, 0.1) is 0 Å². The van der Waals surface area contributed by atoms with E-state index in [4.69, 9.17) is 11.6 Å². The molecule has 64 valence electrons. The molecule has 0 N–H and O–H groups in total. The van der Waals surface area contributed by atoms with E-state index >= 15 is 0 Å². The second-order valence-electron chi connectivity index (χ2n) is 2.80. The third-order valence-electron chi connectivity index (χ3n) is 2.02. The second-order valence-corrected chi connectivity index (χ2v) is 3.21. The van der Waals surface area contributed by atoms with Crippen LogP contribution in [0.25, 0.3) is 11.1 Å². The molecule has 0 aromatic carbocycles. The Morgan fingerprint density at radius 3 is 2.46 bits per heavy atom. The number of hydrogen-bond donors (Lipinski definition) is 0. The number of carbonyl (C=O) groups is 1. The highest BCUT2D eigenvalue weighted by Gasteiger charge is 2.11. The Balaban J connectivity index is 2.78. The fourth-order valence-corrected chi connectivity index (χ4v) is 1.68. The molecule has 0 aromatic heterocycles. The summed E-state index contributed by atoms with van der Waals surface area (Å²) in [5.41, 5.74) is 2.48. The van der Waals surface area contributed by atoms with E-state index in [9.17, 15) is 4.79 Å². The van der Waals surface area contributed by atoms with Gasteiger partial charge in [0.2, 0.25) is 0 Å². The molecule has 2 aliphatic rings. The molecule has 0 atom stereocenters.